The minimum absolute atomic E-state index is 0.0000926. The lowest BCUT2D eigenvalue weighted by Crippen LogP contribution is -2.06. The van der Waals surface area contributed by atoms with Crippen LogP contribution in [0.4, 0.5) is 17.1 Å². The Morgan fingerprint density at radius 3 is 2.29 bits per heavy atom. The normalized spacial score (nSPS) is 12.4. The van der Waals surface area contributed by atoms with Crippen molar-refractivity contribution in [3.05, 3.63) is 27.8 Å². The standard InChI is InChI=1S/C8H11N3O3/c1-4(12)7-5(9)2-3-6(10)8(7)11(13)14/h2-4,12H,9-10H2,1H3. The average molecular weight is 197 g/mol. The van der Waals surface area contributed by atoms with Crippen molar-refractivity contribution < 1.29 is 10.0 Å². The predicted octanol–water partition coefficient (Wildman–Crippen LogP) is 0.813. The molecule has 0 aromatic heterocycles. The smallest absolute Gasteiger partial charge is 0.299 e. The summed E-state index contributed by atoms with van der Waals surface area (Å²) >= 11 is 0. The lowest BCUT2D eigenvalue weighted by Gasteiger charge is -2.10. The van der Waals surface area contributed by atoms with E-state index in [9.17, 15) is 15.2 Å². The van der Waals surface area contributed by atoms with Crippen molar-refractivity contribution >= 4 is 17.1 Å². The monoisotopic (exact) mass is 197 g/mol. The molecule has 0 heterocycles. The van der Waals surface area contributed by atoms with Gasteiger partial charge in [0.05, 0.1) is 16.6 Å². The summed E-state index contributed by atoms with van der Waals surface area (Å²) in [4.78, 5) is 10.0. The van der Waals surface area contributed by atoms with Crippen molar-refractivity contribution in [2.24, 2.45) is 0 Å². The molecule has 6 nitrogen and oxygen atoms in total. The molecule has 5 N–H and O–H groups in total. The van der Waals surface area contributed by atoms with Crippen LogP contribution < -0.4 is 11.5 Å². The van der Waals surface area contributed by atoms with Gasteiger partial charge in [-0.05, 0) is 19.1 Å². The lowest BCUT2D eigenvalue weighted by atomic mass is 10.0. The third kappa shape index (κ3) is 1.60. The number of nitro benzene ring substituents is 1. The Morgan fingerprint density at radius 1 is 1.43 bits per heavy atom. The van der Waals surface area contributed by atoms with Crippen LogP contribution in [0.2, 0.25) is 0 Å². The molecular formula is C8H11N3O3. The highest BCUT2D eigenvalue weighted by Crippen LogP contribution is 2.34. The van der Waals surface area contributed by atoms with Crippen LogP contribution in [-0.4, -0.2) is 10.0 Å². The molecule has 0 saturated carbocycles. The highest BCUT2D eigenvalue weighted by atomic mass is 16.6. The number of aliphatic hydroxyl groups is 1. The Balaban J connectivity index is 3.50. The number of benzene rings is 1. The summed E-state index contributed by atoms with van der Waals surface area (Å²) in [5.74, 6) is 0. The summed E-state index contributed by atoms with van der Waals surface area (Å²) in [5, 5.41) is 20.0. The fraction of sp³-hybridized carbons (Fsp3) is 0.250. The molecule has 0 spiro atoms. The van der Waals surface area contributed by atoms with Crippen molar-refractivity contribution in [3.8, 4) is 0 Å². The number of rotatable bonds is 2. The van der Waals surface area contributed by atoms with Crippen LogP contribution in [0.25, 0.3) is 0 Å². The van der Waals surface area contributed by atoms with Gasteiger partial charge in [0.1, 0.15) is 5.69 Å². The average Bonchev–Trinajstić information content (AvgIpc) is 2.07. The second kappa shape index (κ2) is 3.51. The summed E-state index contributed by atoms with van der Waals surface area (Å²) in [6.07, 6.45) is -1.01. The van der Waals surface area contributed by atoms with Crippen molar-refractivity contribution in [1.29, 1.82) is 0 Å². The lowest BCUT2D eigenvalue weighted by molar-refractivity contribution is -0.385. The number of hydrogen-bond donors (Lipinski definition) is 3. The van der Waals surface area contributed by atoms with Crippen molar-refractivity contribution in [1.82, 2.24) is 0 Å². The van der Waals surface area contributed by atoms with Crippen LogP contribution in [0.5, 0.6) is 0 Å². The predicted molar refractivity (Wildman–Crippen MR) is 52.6 cm³/mol. The largest absolute Gasteiger partial charge is 0.398 e. The third-order valence-electron chi connectivity index (χ3n) is 1.88. The number of aliphatic hydroxyl groups excluding tert-OH is 1. The van der Waals surface area contributed by atoms with Crippen LogP contribution in [0.3, 0.4) is 0 Å². The minimum Gasteiger partial charge on any atom is -0.398 e. The fourth-order valence-electron chi connectivity index (χ4n) is 1.28. The first-order valence-corrected chi connectivity index (χ1v) is 3.95. The zero-order valence-electron chi connectivity index (χ0n) is 7.60. The van der Waals surface area contributed by atoms with E-state index in [1.165, 1.54) is 19.1 Å². The SMILES string of the molecule is CC(O)c1c(N)ccc(N)c1[N+](=O)[O-]. The van der Waals surface area contributed by atoms with E-state index < -0.39 is 11.0 Å². The van der Waals surface area contributed by atoms with E-state index in [1.807, 2.05) is 0 Å². The van der Waals surface area contributed by atoms with Crippen molar-refractivity contribution in [2.75, 3.05) is 11.5 Å². The molecule has 0 aliphatic carbocycles. The summed E-state index contributed by atoms with van der Waals surface area (Å²) in [6, 6.07) is 2.78. The zero-order valence-corrected chi connectivity index (χ0v) is 7.60. The van der Waals surface area contributed by atoms with Gasteiger partial charge in [-0.25, -0.2) is 0 Å². The summed E-state index contributed by atoms with van der Waals surface area (Å²) in [6.45, 7) is 1.40. The first kappa shape index (κ1) is 10.3. The molecule has 0 bridgehead atoms. The Morgan fingerprint density at radius 2 is 1.93 bits per heavy atom. The van der Waals surface area contributed by atoms with E-state index >= 15 is 0 Å². The van der Waals surface area contributed by atoms with Gasteiger partial charge >= 0.3 is 0 Å². The maximum atomic E-state index is 10.7. The summed E-state index contributed by atoms with van der Waals surface area (Å²) in [5.41, 5.74) is 10.8. The van der Waals surface area contributed by atoms with Gasteiger partial charge in [-0.1, -0.05) is 0 Å². The second-order valence-corrected chi connectivity index (χ2v) is 2.94. The maximum Gasteiger partial charge on any atom is 0.299 e. The molecule has 76 valence electrons. The molecule has 0 amide bonds. The quantitative estimate of drug-likeness (QED) is 0.368. The first-order chi connectivity index (χ1) is 6.45. The van der Waals surface area contributed by atoms with Crippen LogP contribution in [-0.2, 0) is 0 Å². The highest BCUT2D eigenvalue weighted by Gasteiger charge is 2.23. The van der Waals surface area contributed by atoms with E-state index in [-0.39, 0.29) is 22.6 Å². The molecule has 0 aliphatic rings. The molecule has 14 heavy (non-hydrogen) atoms. The van der Waals surface area contributed by atoms with Gasteiger partial charge in [0, 0.05) is 5.69 Å². The van der Waals surface area contributed by atoms with Crippen LogP contribution in [0, 0.1) is 10.1 Å². The zero-order chi connectivity index (χ0) is 10.9. The van der Waals surface area contributed by atoms with Crippen LogP contribution in [0.1, 0.15) is 18.6 Å². The fourth-order valence-corrected chi connectivity index (χ4v) is 1.28. The molecule has 0 radical (unpaired) electrons. The topological polar surface area (TPSA) is 115 Å². The molecule has 0 saturated heterocycles. The third-order valence-corrected chi connectivity index (χ3v) is 1.88. The summed E-state index contributed by atoms with van der Waals surface area (Å²) in [7, 11) is 0. The van der Waals surface area contributed by atoms with Gasteiger partial charge in [-0.2, -0.15) is 0 Å². The van der Waals surface area contributed by atoms with Crippen LogP contribution in [0.15, 0.2) is 12.1 Å². The highest BCUT2D eigenvalue weighted by molar-refractivity contribution is 5.71. The van der Waals surface area contributed by atoms with Crippen molar-refractivity contribution in [3.63, 3.8) is 0 Å². The van der Waals surface area contributed by atoms with E-state index in [0.29, 0.717) is 0 Å². The number of nitrogen functional groups attached to an aromatic ring is 2. The molecule has 1 aromatic carbocycles. The molecule has 0 aliphatic heterocycles. The molecule has 0 fully saturated rings. The van der Waals surface area contributed by atoms with Crippen LogP contribution >= 0.6 is 0 Å². The molecule has 1 unspecified atom stereocenters. The number of nitrogens with two attached hydrogens (primary N) is 2. The van der Waals surface area contributed by atoms with E-state index in [0.717, 1.165) is 0 Å². The Kier molecular flexibility index (Phi) is 2.57. The van der Waals surface area contributed by atoms with E-state index in [1.54, 1.807) is 0 Å². The molecule has 1 atom stereocenters. The van der Waals surface area contributed by atoms with Gasteiger partial charge in [0.2, 0.25) is 0 Å². The molecular weight excluding hydrogens is 186 g/mol. The Bertz CT molecular complexity index is 376. The van der Waals surface area contributed by atoms with Gasteiger partial charge in [-0.15, -0.1) is 0 Å². The number of hydrogen-bond acceptors (Lipinski definition) is 5. The summed E-state index contributed by atoms with van der Waals surface area (Å²) < 4.78 is 0. The van der Waals surface area contributed by atoms with Crippen molar-refractivity contribution in [2.45, 2.75) is 13.0 Å². The minimum atomic E-state index is -1.01. The molecule has 1 aromatic rings. The second-order valence-electron chi connectivity index (χ2n) is 2.94. The van der Waals surface area contributed by atoms with E-state index in [4.69, 9.17) is 11.5 Å². The number of anilines is 2. The van der Waals surface area contributed by atoms with Gasteiger partial charge in [0.25, 0.3) is 5.69 Å². The number of nitrogens with zero attached hydrogens (tertiary/aromatic N) is 1. The van der Waals surface area contributed by atoms with E-state index in [2.05, 4.69) is 0 Å². The van der Waals surface area contributed by atoms with Gasteiger partial charge in [0.15, 0.2) is 0 Å². The number of nitro groups is 1. The Labute approximate surface area is 80.3 Å². The van der Waals surface area contributed by atoms with Gasteiger partial charge < -0.3 is 16.6 Å². The molecule has 6 heteroatoms. The Hall–Kier alpha value is -1.82. The maximum absolute atomic E-state index is 10.7. The van der Waals surface area contributed by atoms with Gasteiger partial charge in [-0.3, -0.25) is 10.1 Å². The first-order valence-electron chi connectivity index (χ1n) is 3.95. The molecule has 1 rings (SSSR count).